The van der Waals surface area contributed by atoms with Gasteiger partial charge in [-0.05, 0) is 54.2 Å². The van der Waals surface area contributed by atoms with Crippen LogP contribution in [0.3, 0.4) is 0 Å². The maximum absolute atomic E-state index is 13.3. The molecule has 0 spiro atoms. The maximum Gasteiger partial charge on any atom is 0.198 e. The average molecular weight is 440 g/mol. The Hall–Kier alpha value is -2.77. The molecule has 2 N–H and O–H groups in total. The zero-order chi connectivity index (χ0) is 23.0. The fraction of sp³-hybridized carbons (Fsp3) is 0.333. The number of benzene rings is 2. The summed E-state index contributed by atoms with van der Waals surface area (Å²) >= 11 is 0. The SMILES string of the molecule is CC(C(C)(C)C)C(C)(O[SiH3])c1cccc(C(=O)c2cnn(-c3ccc(F)cc3)c2N)c1. The summed E-state index contributed by atoms with van der Waals surface area (Å²) in [6.07, 6.45) is 1.45. The van der Waals surface area contributed by atoms with Gasteiger partial charge in [-0.1, -0.05) is 45.9 Å². The van der Waals surface area contributed by atoms with E-state index in [-0.39, 0.29) is 28.8 Å². The first-order chi connectivity index (χ1) is 14.5. The van der Waals surface area contributed by atoms with Crippen LogP contribution in [0, 0.1) is 17.2 Å². The second-order valence-corrected chi connectivity index (χ2v) is 9.55. The van der Waals surface area contributed by atoms with Crippen molar-refractivity contribution in [2.75, 3.05) is 5.73 Å². The first kappa shape index (κ1) is 22.9. The number of anilines is 1. The highest BCUT2D eigenvalue weighted by molar-refractivity contribution is 6.11. The molecule has 0 amide bonds. The molecular weight excluding hydrogens is 409 g/mol. The normalized spacial score (nSPS) is 14.9. The molecule has 2 unspecified atom stereocenters. The molecule has 1 heterocycles. The summed E-state index contributed by atoms with van der Waals surface area (Å²) in [6, 6.07) is 13.3. The summed E-state index contributed by atoms with van der Waals surface area (Å²) < 4.78 is 20.8. The minimum absolute atomic E-state index is 0.0277. The van der Waals surface area contributed by atoms with E-state index in [1.165, 1.54) is 23.0 Å². The molecule has 0 fully saturated rings. The Morgan fingerprint density at radius 1 is 1.16 bits per heavy atom. The number of aromatic nitrogens is 2. The number of carbonyl (C=O) groups excluding carboxylic acids is 1. The Bertz CT molecular complexity index is 1090. The summed E-state index contributed by atoms with van der Waals surface area (Å²) in [7, 11) is 0.575. The van der Waals surface area contributed by atoms with Crippen LogP contribution in [0.1, 0.15) is 56.1 Å². The highest BCUT2D eigenvalue weighted by atomic mass is 28.2. The number of rotatable bonds is 6. The largest absolute Gasteiger partial charge is 0.418 e. The van der Waals surface area contributed by atoms with Crippen LogP contribution >= 0.6 is 0 Å². The number of ketones is 1. The third-order valence-electron chi connectivity index (χ3n) is 6.37. The molecule has 1 aromatic heterocycles. The Balaban J connectivity index is 1.98. The van der Waals surface area contributed by atoms with Gasteiger partial charge in [-0.3, -0.25) is 4.79 Å². The Labute approximate surface area is 186 Å². The van der Waals surface area contributed by atoms with Crippen molar-refractivity contribution in [2.24, 2.45) is 11.3 Å². The van der Waals surface area contributed by atoms with Crippen molar-refractivity contribution < 1.29 is 13.6 Å². The van der Waals surface area contributed by atoms with Gasteiger partial charge in [0.2, 0.25) is 0 Å². The highest BCUT2D eigenvalue weighted by Crippen LogP contribution is 2.43. The van der Waals surface area contributed by atoms with Crippen molar-refractivity contribution in [3.63, 3.8) is 0 Å². The van der Waals surface area contributed by atoms with E-state index in [0.29, 0.717) is 27.3 Å². The zero-order valence-electron chi connectivity index (χ0n) is 18.9. The van der Waals surface area contributed by atoms with Gasteiger partial charge in [0, 0.05) is 5.56 Å². The lowest BCUT2D eigenvalue weighted by atomic mass is 9.69. The van der Waals surface area contributed by atoms with Crippen LogP contribution in [0.5, 0.6) is 0 Å². The molecule has 7 heteroatoms. The minimum atomic E-state index is -0.509. The van der Waals surface area contributed by atoms with E-state index in [0.717, 1.165) is 5.56 Å². The maximum atomic E-state index is 13.3. The van der Waals surface area contributed by atoms with Gasteiger partial charge >= 0.3 is 0 Å². The first-order valence-electron chi connectivity index (χ1n) is 10.3. The number of halogens is 1. The molecule has 5 nitrogen and oxygen atoms in total. The standard InChI is InChI=1S/C24H30FN3O2Si/c1-15(23(2,3)4)24(5,30-31)17-8-6-7-16(13-17)21(29)20-14-27-28(22(20)26)19-11-9-18(25)10-12-19/h6-15H,26H2,1-5,31H3. The van der Waals surface area contributed by atoms with E-state index in [4.69, 9.17) is 10.2 Å². The average Bonchev–Trinajstić information content (AvgIpc) is 3.13. The van der Waals surface area contributed by atoms with Gasteiger partial charge in [-0.15, -0.1) is 0 Å². The van der Waals surface area contributed by atoms with Gasteiger partial charge in [0.15, 0.2) is 5.78 Å². The van der Waals surface area contributed by atoms with Crippen molar-refractivity contribution >= 4 is 22.1 Å². The number of hydrogen-bond acceptors (Lipinski definition) is 4. The molecule has 0 saturated heterocycles. The topological polar surface area (TPSA) is 70.1 Å². The van der Waals surface area contributed by atoms with Gasteiger partial charge < -0.3 is 10.2 Å². The monoisotopic (exact) mass is 439 g/mol. The second-order valence-electron chi connectivity index (χ2n) is 9.14. The molecule has 2 atom stereocenters. The molecule has 3 aromatic rings. The fourth-order valence-electron chi connectivity index (χ4n) is 3.82. The van der Waals surface area contributed by atoms with Gasteiger partial charge in [0.05, 0.1) is 23.0 Å². The molecular formula is C24H30FN3O2Si. The Morgan fingerprint density at radius 3 is 2.39 bits per heavy atom. The van der Waals surface area contributed by atoms with E-state index < -0.39 is 5.60 Å². The summed E-state index contributed by atoms with van der Waals surface area (Å²) in [4.78, 5) is 13.3. The van der Waals surface area contributed by atoms with Crippen LogP contribution in [0.25, 0.3) is 5.69 Å². The van der Waals surface area contributed by atoms with E-state index in [9.17, 15) is 9.18 Å². The smallest absolute Gasteiger partial charge is 0.198 e. The number of nitrogen functional groups attached to an aromatic ring is 1. The second kappa shape index (κ2) is 8.40. The third kappa shape index (κ3) is 4.33. The van der Waals surface area contributed by atoms with Gasteiger partial charge in [-0.25, -0.2) is 9.07 Å². The molecule has 31 heavy (non-hydrogen) atoms. The first-order valence-corrected chi connectivity index (χ1v) is 11.1. The minimum Gasteiger partial charge on any atom is -0.418 e. The van der Waals surface area contributed by atoms with Crippen molar-refractivity contribution in [1.82, 2.24) is 9.78 Å². The summed E-state index contributed by atoms with van der Waals surface area (Å²) in [5.41, 5.74) is 8.12. The van der Waals surface area contributed by atoms with Gasteiger partial charge in [-0.2, -0.15) is 5.10 Å². The van der Waals surface area contributed by atoms with E-state index in [2.05, 4.69) is 39.7 Å². The number of carbonyl (C=O) groups is 1. The predicted octanol–water partition coefficient (Wildman–Crippen LogP) is 4.02. The van der Waals surface area contributed by atoms with Crippen molar-refractivity contribution in [1.29, 1.82) is 0 Å². The lowest BCUT2D eigenvalue weighted by Crippen LogP contribution is -2.40. The lowest BCUT2D eigenvalue weighted by Gasteiger charge is -2.43. The molecule has 0 aliphatic heterocycles. The van der Waals surface area contributed by atoms with Crippen LogP contribution in [0.4, 0.5) is 10.2 Å². The quantitative estimate of drug-likeness (QED) is 0.465. The van der Waals surface area contributed by atoms with Crippen LogP contribution in [-0.2, 0) is 10.0 Å². The van der Waals surface area contributed by atoms with Gasteiger partial charge in [0.25, 0.3) is 0 Å². The van der Waals surface area contributed by atoms with E-state index in [1.807, 2.05) is 18.2 Å². The van der Waals surface area contributed by atoms with E-state index >= 15 is 0 Å². The van der Waals surface area contributed by atoms with Crippen molar-refractivity contribution in [3.05, 3.63) is 77.2 Å². The third-order valence-corrected chi connectivity index (χ3v) is 7.22. The highest BCUT2D eigenvalue weighted by Gasteiger charge is 2.39. The Morgan fingerprint density at radius 2 is 1.81 bits per heavy atom. The fourth-order valence-corrected chi connectivity index (χ4v) is 4.41. The van der Waals surface area contributed by atoms with Crippen LogP contribution in [0.15, 0.2) is 54.7 Å². The molecule has 164 valence electrons. The van der Waals surface area contributed by atoms with Crippen LogP contribution in [0.2, 0.25) is 0 Å². The van der Waals surface area contributed by atoms with Crippen LogP contribution < -0.4 is 5.73 Å². The molecule has 0 aliphatic rings. The van der Waals surface area contributed by atoms with Crippen LogP contribution in [-0.4, -0.2) is 26.0 Å². The van der Waals surface area contributed by atoms with Crippen molar-refractivity contribution in [2.45, 2.75) is 40.2 Å². The molecule has 0 saturated carbocycles. The molecule has 0 aliphatic carbocycles. The Kier molecular flexibility index (Phi) is 6.20. The molecule has 2 aromatic carbocycles. The van der Waals surface area contributed by atoms with Crippen molar-refractivity contribution in [3.8, 4) is 5.69 Å². The van der Waals surface area contributed by atoms with E-state index in [1.54, 1.807) is 18.2 Å². The number of nitrogens with two attached hydrogens (primary N) is 1. The summed E-state index contributed by atoms with van der Waals surface area (Å²) in [5.74, 6) is -0.135. The number of nitrogens with zero attached hydrogens (tertiary/aromatic N) is 2. The zero-order valence-corrected chi connectivity index (χ0v) is 20.9. The van der Waals surface area contributed by atoms with Gasteiger partial charge in [0.1, 0.15) is 22.1 Å². The number of hydrogen-bond donors (Lipinski definition) is 1. The molecule has 3 rings (SSSR count). The molecule has 0 radical (unpaired) electrons. The molecule has 0 bridgehead atoms. The predicted molar refractivity (Wildman–Crippen MR) is 125 cm³/mol. The summed E-state index contributed by atoms with van der Waals surface area (Å²) in [5, 5.41) is 4.24. The summed E-state index contributed by atoms with van der Waals surface area (Å²) in [6.45, 7) is 10.8. The lowest BCUT2D eigenvalue weighted by molar-refractivity contribution is -0.0148.